The average Bonchev–Trinajstić information content (AvgIpc) is 2.47. The zero-order valence-electron chi connectivity index (χ0n) is 11.5. The molecule has 0 N–H and O–H groups in total. The maximum Gasteiger partial charge on any atom is 0.139 e. The van der Waals surface area contributed by atoms with E-state index in [2.05, 4.69) is 4.98 Å². The molecular formula is C17H14FNOS. The highest BCUT2D eigenvalue weighted by Gasteiger charge is 2.12. The number of aromatic nitrogens is 1. The van der Waals surface area contributed by atoms with E-state index in [1.165, 1.54) is 6.07 Å². The molecule has 1 unspecified atom stereocenters. The third kappa shape index (κ3) is 2.85. The van der Waals surface area contributed by atoms with Gasteiger partial charge >= 0.3 is 0 Å². The highest BCUT2D eigenvalue weighted by atomic mass is 32.2. The predicted octanol–water partition coefficient (Wildman–Crippen LogP) is 3.99. The molecule has 0 saturated heterocycles. The highest BCUT2D eigenvalue weighted by Crippen LogP contribution is 2.22. The van der Waals surface area contributed by atoms with Crippen LogP contribution in [-0.2, 0) is 16.6 Å². The van der Waals surface area contributed by atoms with Gasteiger partial charge in [-0.1, -0.05) is 30.3 Å². The van der Waals surface area contributed by atoms with Crippen LogP contribution in [0.2, 0.25) is 0 Å². The summed E-state index contributed by atoms with van der Waals surface area (Å²) in [6.45, 7) is 1.90. The molecule has 0 fully saturated rings. The molecule has 2 nitrogen and oxygen atoms in total. The Kier molecular flexibility index (Phi) is 3.80. The number of benzene rings is 2. The fourth-order valence-electron chi connectivity index (χ4n) is 2.36. The van der Waals surface area contributed by atoms with Crippen LogP contribution in [0, 0.1) is 12.7 Å². The summed E-state index contributed by atoms with van der Waals surface area (Å²) in [5, 5.41) is 0.966. The van der Waals surface area contributed by atoms with E-state index in [4.69, 9.17) is 0 Å². The smallest absolute Gasteiger partial charge is 0.139 e. The van der Waals surface area contributed by atoms with Crippen molar-refractivity contribution in [3.63, 3.8) is 0 Å². The summed E-state index contributed by atoms with van der Waals surface area (Å²) in [7, 11) is -1.41. The number of rotatable bonds is 3. The van der Waals surface area contributed by atoms with Gasteiger partial charge in [0, 0.05) is 11.1 Å². The first-order chi connectivity index (χ1) is 10.1. The van der Waals surface area contributed by atoms with Gasteiger partial charge in [-0.2, -0.15) is 0 Å². The van der Waals surface area contributed by atoms with Crippen LogP contribution >= 0.6 is 0 Å². The molecule has 2 aromatic carbocycles. The van der Waals surface area contributed by atoms with Gasteiger partial charge in [-0.3, -0.25) is 9.19 Å². The van der Waals surface area contributed by atoms with Crippen LogP contribution in [0.15, 0.2) is 59.5 Å². The molecule has 21 heavy (non-hydrogen) atoms. The minimum absolute atomic E-state index is 0.246. The largest absolute Gasteiger partial charge is 0.254 e. The Hall–Kier alpha value is -2.07. The first kappa shape index (κ1) is 13.9. The SMILES string of the molecule is Cc1cc(CS(=O)c2ccccc2F)c2ccccc2n1. The van der Waals surface area contributed by atoms with Gasteiger partial charge in [0.2, 0.25) is 0 Å². The summed E-state index contributed by atoms with van der Waals surface area (Å²) in [5.74, 6) is -0.143. The van der Waals surface area contributed by atoms with Crippen LogP contribution in [0.3, 0.4) is 0 Å². The van der Waals surface area contributed by atoms with Gasteiger partial charge in [0.25, 0.3) is 0 Å². The van der Waals surface area contributed by atoms with Gasteiger partial charge in [0.05, 0.1) is 27.0 Å². The van der Waals surface area contributed by atoms with Crippen molar-refractivity contribution in [1.29, 1.82) is 0 Å². The number of pyridine rings is 1. The molecule has 0 spiro atoms. The number of fused-ring (bicyclic) bond motifs is 1. The van der Waals surface area contributed by atoms with Crippen molar-refractivity contribution < 1.29 is 8.60 Å². The summed E-state index contributed by atoms with van der Waals surface area (Å²) < 4.78 is 26.2. The number of halogens is 1. The Morgan fingerprint density at radius 2 is 1.81 bits per heavy atom. The summed E-state index contributed by atoms with van der Waals surface area (Å²) in [6, 6.07) is 15.9. The maximum atomic E-state index is 13.7. The highest BCUT2D eigenvalue weighted by molar-refractivity contribution is 7.84. The first-order valence-electron chi connectivity index (χ1n) is 6.63. The monoisotopic (exact) mass is 299 g/mol. The van der Waals surface area contributed by atoms with Crippen molar-refractivity contribution in [3.8, 4) is 0 Å². The van der Waals surface area contributed by atoms with Crippen LogP contribution in [-0.4, -0.2) is 9.19 Å². The van der Waals surface area contributed by atoms with Gasteiger partial charge in [-0.15, -0.1) is 0 Å². The Morgan fingerprint density at radius 1 is 1.10 bits per heavy atom. The van der Waals surface area contributed by atoms with Gasteiger partial charge in [-0.25, -0.2) is 4.39 Å². The van der Waals surface area contributed by atoms with E-state index in [1.54, 1.807) is 18.2 Å². The minimum Gasteiger partial charge on any atom is -0.254 e. The fraction of sp³-hybridized carbons (Fsp3) is 0.118. The lowest BCUT2D eigenvalue weighted by Gasteiger charge is -2.08. The van der Waals surface area contributed by atoms with Crippen molar-refractivity contribution in [2.45, 2.75) is 17.6 Å². The third-order valence-corrected chi connectivity index (χ3v) is 4.69. The quantitative estimate of drug-likeness (QED) is 0.732. The molecule has 1 atom stereocenters. The first-order valence-corrected chi connectivity index (χ1v) is 7.95. The lowest BCUT2D eigenvalue weighted by molar-refractivity contribution is 0.595. The van der Waals surface area contributed by atoms with Crippen LogP contribution < -0.4 is 0 Å². The maximum absolute atomic E-state index is 13.7. The van der Waals surface area contributed by atoms with Crippen molar-refractivity contribution in [2.75, 3.05) is 0 Å². The molecule has 106 valence electrons. The molecule has 1 heterocycles. The van der Waals surface area contributed by atoms with Gasteiger partial charge in [0.15, 0.2) is 0 Å². The number of para-hydroxylation sites is 1. The summed E-state index contributed by atoms with van der Waals surface area (Å²) in [4.78, 5) is 4.71. The summed E-state index contributed by atoms with van der Waals surface area (Å²) in [5.41, 5.74) is 2.67. The Morgan fingerprint density at radius 3 is 2.62 bits per heavy atom. The molecule has 1 aromatic heterocycles. The molecule has 0 bridgehead atoms. The topological polar surface area (TPSA) is 30.0 Å². The van der Waals surface area contributed by atoms with E-state index in [1.807, 2.05) is 37.3 Å². The molecular weight excluding hydrogens is 285 g/mol. The van der Waals surface area contributed by atoms with Crippen molar-refractivity contribution in [1.82, 2.24) is 4.98 Å². The molecule has 0 amide bonds. The molecule has 3 rings (SSSR count). The molecule has 0 saturated carbocycles. The number of hydrogen-bond acceptors (Lipinski definition) is 2. The standard InChI is InChI=1S/C17H14FNOS/c1-12-10-13(14-6-2-4-8-16(14)19-12)11-21(20)17-9-5-3-7-15(17)18/h2-10H,11H2,1H3. The molecule has 0 aliphatic rings. The van der Waals surface area contributed by atoms with Gasteiger partial charge in [0.1, 0.15) is 5.82 Å². The van der Waals surface area contributed by atoms with E-state index in [9.17, 15) is 8.60 Å². The molecule has 0 aliphatic heterocycles. The predicted molar refractivity (Wildman–Crippen MR) is 83.0 cm³/mol. The van der Waals surface area contributed by atoms with E-state index < -0.39 is 16.6 Å². The van der Waals surface area contributed by atoms with E-state index in [0.717, 1.165) is 22.2 Å². The lowest BCUT2D eigenvalue weighted by Crippen LogP contribution is -2.01. The second-order valence-corrected chi connectivity index (χ2v) is 6.28. The second kappa shape index (κ2) is 5.74. The van der Waals surface area contributed by atoms with Crippen molar-refractivity contribution in [3.05, 3.63) is 71.7 Å². The Balaban J connectivity index is 2.02. The second-order valence-electron chi connectivity index (χ2n) is 4.86. The number of aryl methyl sites for hydroxylation is 1. The lowest BCUT2D eigenvalue weighted by atomic mass is 10.1. The van der Waals surface area contributed by atoms with E-state index in [0.29, 0.717) is 0 Å². The van der Waals surface area contributed by atoms with E-state index in [-0.39, 0.29) is 10.6 Å². The average molecular weight is 299 g/mol. The molecule has 3 aromatic rings. The van der Waals surface area contributed by atoms with E-state index >= 15 is 0 Å². The minimum atomic E-state index is -1.41. The van der Waals surface area contributed by atoms with Crippen LogP contribution in [0.1, 0.15) is 11.3 Å². The number of nitrogens with zero attached hydrogens (tertiary/aromatic N) is 1. The van der Waals surface area contributed by atoms with Crippen LogP contribution in [0.4, 0.5) is 4.39 Å². The third-order valence-electron chi connectivity index (χ3n) is 3.30. The van der Waals surface area contributed by atoms with Crippen molar-refractivity contribution in [2.24, 2.45) is 0 Å². The van der Waals surface area contributed by atoms with Gasteiger partial charge < -0.3 is 0 Å². The number of hydrogen-bond donors (Lipinski definition) is 0. The Labute approximate surface area is 125 Å². The normalized spacial score (nSPS) is 12.5. The summed E-state index contributed by atoms with van der Waals surface area (Å²) >= 11 is 0. The van der Waals surface area contributed by atoms with Crippen molar-refractivity contribution >= 4 is 21.7 Å². The molecule has 0 radical (unpaired) electrons. The zero-order valence-corrected chi connectivity index (χ0v) is 12.4. The fourth-order valence-corrected chi connectivity index (χ4v) is 3.56. The Bertz CT molecular complexity index is 832. The van der Waals surface area contributed by atoms with Crippen LogP contribution in [0.5, 0.6) is 0 Å². The molecule has 0 aliphatic carbocycles. The molecule has 4 heteroatoms. The van der Waals surface area contributed by atoms with Crippen LogP contribution in [0.25, 0.3) is 10.9 Å². The summed E-state index contributed by atoms with van der Waals surface area (Å²) in [6.07, 6.45) is 0. The zero-order chi connectivity index (χ0) is 14.8. The van der Waals surface area contributed by atoms with Gasteiger partial charge in [-0.05, 0) is 36.8 Å².